The van der Waals surface area contributed by atoms with Gasteiger partial charge in [0.1, 0.15) is 0 Å². The third kappa shape index (κ3) is 2.73. The highest BCUT2D eigenvalue weighted by atomic mass is 16.4. The predicted octanol–water partition coefficient (Wildman–Crippen LogP) is 3.18. The van der Waals surface area contributed by atoms with Crippen LogP contribution in [-0.2, 0) is 0 Å². The quantitative estimate of drug-likeness (QED) is 0.790. The highest BCUT2D eigenvalue weighted by Crippen LogP contribution is 2.23. The minimum absolute atomic E-state index is 0.430. The lowest BCUT2D eigenvalue weighted by atomic mass is 9.95. The molecule has 0 atom stereocenters. The lowest BCUT2D eigenvalue weighted by molar-refractivity contribution is 0.555. The van der Waals surface area contributed by atoms with Crippen LogP contribution in [0, 0.1) is 0 Å². The van der Waals surface area contributed by atoms with Crippen LogP contribution in [0.3, 0.4) is 0 Å². The minimum Gasteiger partial charge on any atom is -0.408 e. The Labute approximate surface area is 132 Å². The van der Waals surface area contributed by atoms with Gasteiger partial charge in [-0.1, -0.05) is 6.07 Å². The van der Waals surface area contributed by atoms with Gasteiger partial charge in [0, 0.05) is 24.5 Å². The van der Waals surface area contributed by atoms with Gasteiger partial charge in [0.15, 0.2) is 5.58 Å². The summed E-state index contributed by atoms with van der Waals surface area (Å²) in [5, 5.41) is 0. The topological polar surface area (TPSA) is 71.2 Å². The fraction of sp³-hybridized carbons (Fsp3) is 0.167. The monoisotopic (exact) mass is 305 g/mol. The van der Waals surface area contributed by atoms with Gasteiger partial charge >= 0.3 is 5.76 Å². The molecule has 0 unspecified atom stereocenters. The SMILES string of the molecule is O=c1[nH]c2ccc(/C=C3\CCCN=C3c3cccnc3)cc2o1. The summed E-state index contributed by atoms with van der Waals surface area (Å²) in [6.07, 6.45) is 7.72. The standard InChI is InChI=1S/C18H15N3O2/c22-18-21-15-6-5-12(10-16(15)23-18)9-13-3-2-8-20-17(13)14-4-1-7-19-11-14/h1,4-7,9-11H,2-3,8H2,(H,21,22)/b13-9+. The zero-order valence-electron chi connectivity index (χ0n) is 12.5. The summed E-state index contributed by atoms with van der Waals surface area (Å²) in [6.45, 7) is 0.841. The lowest BCUT2D eigenvalue weighted by Gasteiger charge is -2.16. The van der Waals surface area contributed by atoms with Gasteiger partial charge in [0.05, 0.1) is 11.2 Å². The summed E-state index contributed by atoms with van der Waals surface area (Å²) in [5.74, 6) is -0.430. The summed E-state index contributed by atoms with van der Waals surface area (Å²) in [7, 11) is 0. The number of fused-ring (bicyclic) bond motifs is 1. The van der Waals surface area contributed by atoms with Crippen LogP contribution >= 0.6 is 0 Å². The molecule has 0 bridgehead atoms. The molecule has 23 heavy (non-hydrogen) atoms. The van der Waals surface area contributed by atoms with Gasteiger partial charge < -0.3 is 4.42 Å². The maximum absolute atomic E-state index is 11.3. The number of aromatic amines is 1. The van der Waals surface area contributed by atoms with E-state index in [4.69, 9.17) is 4.42 Å². The van der Waals surface area contributed by atoms with Crippen LogP contribution in [0.1, 0.15) is 24.0 Å². The number of nitrogens with zero attached hydrogens (tertiary/aromatic N) is 2. The molecule has 3 aromatic rings. The third-order valence-electron chi connectivity index (χ3n) is 3.90. The number of hydrogen-bond acceptors (Lipinski definition) is 4. The Balaban J connectivity index is 1.76. The van der Waals surface area contributed by atoms with Crippen molar-refractivity contribution in [3.8, 4) is 0 Å². The van der Waals surface area contributed by atoms with Gasteiger partial charge in [-0.05, 0) is 54.3 Å². The first-order chi connectivity index (χ1) is 11.3. The van der Waals surface area contributed by atoms with Crippen molar-refractivity contribution in [2.45, 2.75) is 12.8 Å². The molecule has 1 aliphatic heterocycles. The number of allylic oxidation sites excluding steroid dienone is 1. The second-order valence-electron chi connectivity index (χ2n) is 5.52. The van der Waals surface area contributed by atoms with Crippen molar-refractivity contribution < 1.29 is 4.42 Å². The zero-order chi connectivity index (χ0) is 15.6. The van der Waals surface area contributed by atoms with Gasteiger partial charge in [0.2, 0.25) is 0 Å². The Kier molecular flexibility index (Phi) is 3.38. The van der Waals surface area contributed by atoms with Crippen LogP contribution in [0.25, 0.3) is 17.2 Å². The number of aromatic nitrogens is 2. The number of H-pyrrole nitrogens is 1. The highest BCUT2D eigenvalue weighted by molar-refractivity contribution is 6.15. The first-order valence-electron chi connectivity index (χ1n) is 7.58. The van der Waals surface area contributed by atoms with Crippen LogP contribution in [0.2, 0.25) is 0 Å². The first-order valence-corrected chi connectivity index (χ1v) is 7.58. The smallest absolute Gasteiger partial charge is 0.408 e. The first kappa shape index (κ1) is 13.7. The third-order valence-corrected chi connectivity index (χ3v) is 3.90. The van der Waals surface area contributed by atoms with Gasteiger partial charge in [0.25, 0.3) is 0 Å². The molecule has 0 radical (unpaired) electrons. The van der Waals surface area contributed by atoms with Crippen LogP contribution in [0.5, 0.6) is 0 Å². The van der Waals surface area contributed by atoms with Crippen molar-refractivity contribution in [1.29, 1.82) is 0 Å². The molecule has 1 aromatic carbocycles. The zero-order valence-corrected chi connectivity index (χ0v) is 12.5. The Hall–Kier alpha value is -2.95. The van der Waals surface area contributed by atoms with Gasteiger partial charge in [-0.3, -0.25) is 15.0 Å². The fourth-order valence-corrected chi connectivity index (χ4v) is 2.85. The van der Waals surface area contributed by atoms with Crippen LogP contribution in [0.4, 0.5) is 0 Å². The van der Waals surface area contributed by atoms with Crippen molar-refractivity contribution in [2.75, 3.05) is 6.54 Å². The molecule has 5 nitrogen and oxygen atoms in total. The van der Waals surface area contributed by atoms with E-state index in [2.05, 4.69) is 21.0 Å². The van der Waals surface area contributed by atoms with E-state index in [-0.39, 0.29) is 0 Å². The predicted molar refractivity (Wildman–Crippen MR) is 89.7 cm³/mol. The van der Waals surface area contributed by atoms with Gasteiger partial charge in [-0.15, -0.1) is 0 Å². The van der Waals surface area contributed by atoms with Crippen molar-refractivity contribution in [1.82, 2.24) is 9.97 Å². The normalized spacial score (nSPS) is 16.7. The molecule has 0 spiro atoms. The van der Waals surface area contributed by atoms with Crippen LogP contribution < -0.4 is 5.76 Å². The van der Waals surface area contributed by atoms with Crippen molar-refractivity contribution in [2.24, 2.45) is 4.99 Å². The summed E-state index contributed by atoms with van der Waals surface area (Å²) >= 11 is 0. The molecule has 2 aromatic heterocycles. The van der Waals surface area contributed by atoms with E-state index in [1.54, 1.807) is 6.20 Å². The largest absolute Gasteiger partial charge is 0.417 e. The maximum atomic E-state index is 11.3. The van der Waals surface area contributed by atoms with Gasteiger partial charge in [-0.25, -0.2) is 4.79 Å². The second kappa shape index (κ2) is 5.68. The van der Waals surface area contributed by atoms with Crippen LogP contribution in [0.15, 0.2) is 62.5 Å². The fourth-order valence-electron chi connectivity index (χ4n) is 2.85. The Morgan fingerprint density at radius 3 is 3.09 bits per heavy atom. The van der Waals surface area contributed by atoms with Crippen molar-refractivity contribution >= 4 is 22.9 Å². The van der Waals surface area contributed by atoms with E-state index >= 15 is 0 Å². The summed E-state index contributed by atoms with van der Waals surface area (Å²) < 4.78 is 5.13. The molecule has 3 heterocycles. The maximum Gasteiger partial charge on any atom is 0.417 e. The van der Waals surface area contributed by atoms with Crippen LogP contribution in [-0.4, -0.2) is 22.2 Å². The van der Waals surface area contributed by atoms with Gasteiger partial charge in [-0.2, -0.15) is 0 Å². The molecule has 1 N–H and O–H groups in total. The Morgan fingerprint density at radius 1 is 1.26 bits per heavy atom. The molecule has 0 saturated heterocycles. The Bertz CT molecular complexity index is 965. The van der Waals surface area contributed by atoms with E-state index in [1.165, 1.54) is 5.57 Å². The minimum atomic E-state index is -0.430. The molecule has 4 rings (SSSR count). The molecule has 0 amide bonds. The average Bonchev–Trinajstić information content (AvgIpc) is 2.95. The molecular formula is C18H15N3O2. The molecule has 0 fully saturated rings. The summed E-state index contributed by atoms with van der Waals surface area (Å²) in [4.78, 5) is 22.8. The highest BCUT2D eigenvalue weighted by Gasteiger charge is 2.14. The van der Waals surface area contributed by atoms with Crippen molar-refractivity contribution in [3.63, 3.8) is 0 Å². The summed E-state index contributed by atoms with van der Waals surface area (Å²) in [5.41, 5.74) is 5.49. The molecule has 0 aliphatic carbocycles. The van der Waals surface area contributed by atoms with Crippen molar-refractivity contribution in [3.05, 3.63) is 70.0 Å². The lowest BCUT2D eigenvalue weighted by Crippen LogP contribution is -2.11. The number of pyridine rings is 1. The number of aliphatic imine (C=N–C) groups is 1. The summed E-state index contributed by atoms with van der Waals surface area (Å²) in [6, 6.07) is 9.65. The van der Waals surface area contributed by atoms with E-state index in [9.17, 15) is 4.79 Å². The molecule has 114 valence electrons. The second-order valence-corrected chi connectivity index (χ2v) is 5.52. The van der Waals surface area contributed by atoms with E-state index in [0.717, 1.165) is 36.2 Å². The number of benzene rings is 1. The van der Waals surface area contributed by atoms with E-state index < -0.39 is 5.76 Å². The molecule has 1 aliphatic rings. The van der Waals surface area contributed by atoms with E-state index in [0.29, 0.717) is 11.1 Å². The molecular weight excluding hydrogens is 290 g/mol. The number of rotatable bonds is 2. The van der Waals surface area contributed by atoms with E-state index in [1.807, 2.05) is 36.5 Å². The Morgan fingerprint density at radius 2 is 2.22 bits per heavy atom. The molecule has 0 saturated carbocycles. The average molecular weight is 305 g/mol. The number of nitrogens with one attached hydrogen (secondary N) is 1. The number of hydrogen-bond donors (Lipinski definition) is 1. The molecule has 5 heteroatoms. The number of oxazole rings is 1.